The Kier molecular flexibility index (Phi) is 33.5. The highest BCUT2D eigenvalue weighted by molar-refractivity contribution is 5.71. The van der Waals surface area contributed by atoms with Crippen molar-refractivity contribution in [3.05, 3.63) is 0 Å². The van der Waals surface area contributed by atoms with Crippen LogP contribution in [-0.4, -0.2) is 37.2 Å². The maximum Gasteiger partial charge on any atom is 0.306 e. The molecular weight excluding hydrogens is 576 g/mol. The van der Waals surface area contributed by atoms with Crippen LogP contribution in [0.25, 0.3) is 0 Å². The molecular formula is C40H76O6. The smallest absolute Gasteiger partial charge is 0.306 e. The Morgan fingerprint density at radius 1 is 0.413 bits per heavy atom. The molecule has 0 aromatic rings. The van der Waals surface area contributed by atoms with Crippen LogP contribution in [-0.2, 0) is 28.6 Å². The number of ether oxygens (including phenoxy) is 3. The van der Waals surface area contributed by atoms with E-state index in [0.717, 1.165) is 70.1 Å². The molecule has 0 aromatic carbocycles. The summed E-state index contributed by atoms with van der Waals surface area (Å²) in [6, 6.07) is 0. The first kappa shape index (κ1) is 44.4. The van der Waals surface area contributed by atoms with Crippen molar-refractivity contribution in [2.24, 2.45) is 5.92 Å². The summed E-state index contributed by atoms with van der Waals surface area (Å²) in [5, 5.41) is 0. The van der Waals surface area contributed by atoms with Crippen molar-refractivity contribution in [1.82, 2.24) is 0 Å². The van der Waals surface area contributed by atoms with E-state index in [4.69, 9.17) is 14.2 Å². The fraction of sp³-hybridized carbons (Fsp3) is 0.925. The molecule has 0 aliphatic heterocycles. The Bertz CT molecular complexity index is 691. The number of unbranched alkanes of at least 4 members (excludes halogenated alkanes) is 22. The summed E-state index contributed by atoms with van der Waals surface area (Å²) >= 11 is 0. The van der Waals surface area contributed by atoms with Crippen molar-refractivity contribution in [3.63, 3.8) is 0 Å². The molecule has 0 aliphatic rings. The lowest BCUT2D eigenvalue weighted by molar-refractivity contribution is -0.167. The van der Waals surface area contributed by atoms with Gasteiger partial charge >= 0.3 is 17.9 Å². The molecule has 272 valence electrons. The van der Waals surface area contributed by atoms with E-state index in [9.17, 15) is 14.4 Å². The van der Waals surface area contributed by atoms with Gasteiger partial charge in [0.25, 0.3) is 0 Å². The SMILES string of the molecule is CCCCCCCCCCCC(=O)O[C@@H](COC(=O)CCCCCCC)COC(=O)CCCCCCCCCCCCCC(C)C. The Balaban J connectivity index is 4.21. The van der Waals surface area contributed by atoms with Gasteiger partial charge in [0.05, 0.1) is 0 Å². The standard InChI is InChI=1S/C40H76O6/c1-5-7-9-11-12-16-21-25-29-33-40(43)46-37(34-44-38(41)31-27-22-10-8-6-2)35-45-39(42)32-28-24-20-18-15-13-14-17-19-23-26-30-36(3)4/h36-37H,5-35H2,1-4H3/t37-/m0/s1. The van der Waals surface area contributed by atoms with Gasteiger partial charge in [-0.2, -0.15) is 0 Å². The molecule has 46 heavy (non-hydrogen) atoms. The first-order chi connectivity index (χ1) is 22.4. The first-order valence-electron chi connectivity index (χ1n) is 19.9. The van der Waals surface area contributed by atoms with E-state index in [2.05, 4.69) is 27.7 Å². The van der Waals surface area contributed by atoms with Crippen LogP contribution in [0.1, 0.15) is 214 Å². The first-order valence-corrected chi connectivity index (χ1v) is 19.9. The van der Waals surface area contributed by atoms with E-state index in [1.807, 2.05) is 0 Å². The topological polar surface area (TPSA) is 78.9 Å². The average Bonchev–Trinajstić information content (AvgIpc) is 3.03. The Morgan fingerprint density at radius 3 is 1.07 bits per heavy atom. The van der Waals surface area contributed by atoms with Crippen LogP contribution in [0.5, 0.6) is 0 Å². The lowest BCUT2D eigenvalue weighted by atomic mass is 10.0. The second kappa shape index (κ2) is 34.7. The molecule has 0 rings (SSSR count). The van der Waals surface area contributed by atoms with Gasteiger partial charge in [0.2, 0.25) is 0 Å². The molecule has 0 aliphatic carbocycles. The van der Waals surface area contributed by atoms with Crippen LogP contribution in [0.2, 0.25) is 0 Å². The molecule has 0 bridgehead atoms. The zero-order valence-electron chi connectivity index (χ0n) is 31.0. The van der Waals surface area contributed by atoms with E-state index in [0.29, 0.717) is 19.3 Å². The Hall–Kier alpha value is -1.59. The van der Waals surface area contributed by atoms with Gasteiger partial charge in [-0.25, -0.2) is 0 Å². The maximum atomic E-state index is 12.5. The summed E-state index contributed by atoms with van der Waals surface area (Å²) in [5.74, 6) is -0.0523. The van der Waals surface area contributed by atoms with Gasteiger partial charge in [-0.15, -0.1) is 0 Å². The summed E-state index contributed by atoms with van der Waals surface area (Å²) < 4.78 is 16.5. The van der Waals surface area contributed by atoms with Crippen LogP contribution in [0.15, 0.2) is 0 Å². The van der Waals surface area contributed by atoms with Crippen LogP contribution >= 0.6 is 0 Å². The molecule has 0 spiro atoms. The Morgan fingerprint density at radius 2 is 0.717 bits per heavy atom. The minimum absolute atomic E-state index is 0.0659. The van der Waals surface area contributed by atoms with Gasteiger partial charge in [0, 0.05) is 19.3 Å². The number of esters is 3. The third-order valence-electron chi connectivity index (χ3n) is 8.79. The molecule has 0 amide bonds. The third-order valence-corrected chi connectivity index (χ3v) is 8.79. The van der Waals surface area contributed by atoms with E-state index < -0.39 is 6.10 Å². The van der Waals surface area contributed by atoms with Gasteiger partial charge in [0.1, 0.15) is 13.2 Å². The normalized spacial score (nSPS) is 11.9. The van der Waals surface area contributed by atoms with E-state index >= 15 is 0 Å². The fourth-order valence-electron chi connectivity index (χ4n) is 5.74. The maximum absolute atomic E-state index is 12.5. The van der Waals surface area contributed by atoms with E-state index in [1.165, 1.54) is 103 Å². The predicted molar refractivity (Wildman–Crippen MR) is 192 cm³/mol. The summed E-state index contributed by atoms with van der Waals surface area (Å²) in [4.78, 5) is 37.2. The van der Waals surface area contributed by atoms with Crippen molar-refractivity contribution in [2.75, 3.05) is 13.2 Å². The zero-order valence-corrected chi connectivity index (χ0v) is 31.0. The number of hydrogen-bond donors (Lipinski definition) is 0. The van der Waals surface area contributed by atoms with Crippen molar-refractivity contribution < 1.29 is 28.6 Å². The van der Waals surface area contributed by atoms with Crippen molar-refractivity contribution in [3.8, 4) is 0 Å². The molecule has 0 radical (unpaired) electrons. The molecule has 6 heteroatoms. The quantitative estimate of drug-likeness (QED) is 0.0385. The van der Waals surface area contributed by atoms with Crippen molar-refractivity contribution in [1.29, 1.82) is 0 Å². The van der Waals surface area contributed by atoms with Crippen molar-refractivity contribution >= 4 is 17.9 Å². The summed E-state index contributed by atoms with van der Waals surface area (Å²) in [6.45, 7) is 8.87. The van der Waals surface area contributed by atoms with Crippen molar-refractivity contribution in [2.45, 2.75) is 220 Å². The zero-order chi connectivity index (χ0) is 33.9. The molecule has 0 aromatic heterocycles. The number of hydrogen-bond acceptors (Lipinski definition) is 6. The predicted octanol–water partition coefficient (Wildman–Crippen LogP) is 12.0. The fourth-order valence-corrected chi connectivity index (χ4v) is 5.74. The molecule has 0 saturated carbocycles. The number of carbonyl (C=O) groups excluding carboxylic acids is 3. The number of carbonyl (C=O) groups is 3. The molecule has 1 atom stereocenters. The highest BCUT2D eigenvalue weighted by Gasteiger charge is 2.19. The van der Waals surface area contributed by atoms with Gasteiger partial charge in [-0.05, 0) is 25.2 Å². The molecule has 0 saturated heterocycles. The summed E-state index contributed by atoms with van der Waals surface area (Å²) in [6.07, 6.45) is 31.2. The second-order valence-corrected chi connectivity index (χ2v) is 14.0. The van der Waals surface area contributed by atoms with Gasteiger partial charge < -0.3 is 14.2 Å². The second-order valence-electron chi connectivity index (χ2n) is 14.0. The minimum atomic E-state index is -0.755. The largest absolute Gasteiger partial charge is 0.462 e. The molecule has 0 unspecified atom stereocenters. The average molecular weight is 653 g/mol. The monoisotopic (exact) mass is 653 g/mol. The van der Waals surface area contributed by atoms with Gasteiger partial charge in [-0.1, -0.05) is 175 Å². The van der Waals surface area contributed by atoms with Gasteiger partial charge in [-0.3, -0.25) is 14.4 Å². The highest BCUT2D eigenvalue weighted by Crippen LogP contribution is 2.15. The summed E-state index contributed by atoms with van der Waals surface area (Å²) in [7, 11) is 0. The van der Waals surface area contributed by atoms with E-state index in [-0.39, 0.29) is 31.1 Å². The number of rotatable bonds is 35. The highest BCUT2D eigenvalue weighted by atomic mass is 16.6. The summed E-state index contributed by atoms with van der Waals surface area (Å²) in [5.41, 5.74) is 0. The third kappa shape index (κ3) is 33.8. The Labute approximate surface area is 285 Å². The van der Waals surface area contributed by atoms with Crippen LogP contribution in [0.4, 0.5) is 0 Å². The van der Waals surface area contributed by atoms with Gasteiger partial charge in [0.15, 0.2) is 6.10 Å². The molecule has 0 N–H and O–H groups in total. The van der Waals surface area contributed by atoms with E-state index in [1.54, 1.807) is 0 Å². The van der Waals surface area contributed by atoms with Crippen LogP contribution in [0.3, 0.4) is 0 Å². The lowest BCUT2D eigenvalue weighted by Crippen LogP contribution is -2.30. The van der Waals surface area contributed by atoms with Crippen LogP contribution in [0, 0.1) is 5.92 Å². The molecule has 0 fully saturated rings. The van der Waals surface area contributed by atoms with Crippen LogP contribution < -0.4 is 0 Å². The molecule has 6 nitrogen and oxygen atoms in total. The minimum Gasteiger partial charge on any atom is -0.462 e. The lowest BCUT2D eigenvalue weighted by Gasteiger charge is -2.18. The molecule has 0 heterocycles.